The third kappa shape index (κ3) is 4.39. The van der Waals surface area contributed by atoms with Crippen molar-refractivity contribution in [3.05, 3.63) is 51.0 Å². The topological polar surface area (TPSA) is 164 Å². The Hall–Kier alpha value is -4.27. The van der Waals surface area contributed by atoms with Gasteiger partial charge in [0.1, 0.15) is 33.8 Å². The standard InChI is InChI=1S/C21H20F2N8O4S/c1-4-29-8-13(9(2)28-29)12-5-14(18(22)23)26-21-15(12)16(17(36-21)19(24)32)27-20(33)10(3)30-7-11(6-25-30)31(34)35/h5-8,10,18H,4H2,1-3H3,(H2,24,32)(H,27,33). The molecule has 4 rings (SSSR count). The molecule has 4 aromatic rings. The molecule has 0 aliphatic rings. The van der Waals surface area contributed by atoms with Gasteiger partial charge in [0.05, 0.1) is 16.3 Å². The minimum Gasteiger partial charge on any atom is -0.365 e. The Bertz CT molecular complexity index is 1510. The van der Waals surface area contributed by atoms with Crippen LogP contribution in [0.3, 0.4) is 0 Å². The number of nitro groups is 1. The lowest BCUT2D eigenvalue weighted by Crippen LogP contribution is -2.25. The molecule has 0 spiro atoms. The number of hydrogen-bond donors (Lipinski definition) is 2. The SMILES string of the molecule is CCn1cc(-c2cc(C(F)F)nc3sc(C(N)=O)c(NC(=O)C(C)n4cc([N+](=O)[O-])cn4)c23)c(C)n1. The number of nitrogens with two attached hydrogens (primary N) is 1. The maximum absolute atomic E-state index is 13.7. The van der Waals surface area contributed by atoms with Crippen LogP contribution in [0, 0.1) is 17.0 Å². The molecule has 1 atom stereocenters. The fraction of sp³-hybridized carbons (Fsp3) is 0.286. The summed E-state index contributed by atoms with van der Waals surface area (Å²) in [6.45, 7) is 5.56. The number of alkyl halides is 2. The van der Waals surface area contributed by atoms with Gasteiger partial charge in [-0.05, 0) is 32.4 Å². The molecule has 188 valence electrons. The molecular weight excluding hydrogens is 498 g/mol. The lowest BCUT2D eigenvalue weighted by Gasteiger charge is -2.14. The molecule has 36 heavy (non-hydrogen) atoms. The predicted octanol–water partition coefficient (Wildman–Crippen LogP) is 3.83. The number of pyridine rings is 1. The first-order chi connectivity index (χ1) is 17.0. The van der Waals surface area contributed by atoms with E-state index in [1.165, 1.54) is 13.0 Å². The molecule has 0 radical (unpaired) electrons. The van der Waals surface area contributed by atoms with Crippen molar-refractivity contribution in [2.24, 2.45) is 5.73 Å². The van der Waals surface area contributed by atoms with Crippen molar-refractivity contribution in [3.63, 3.8) is 0 Å². The number of carbonyl (C=O) groups excluding carboxylic acids is 2. The first-order valence-electron chi connectivity index (χ1n) is 10.6. The number of halogens is 2. The van der Waals surface area contributed by atoms with E-state index in [0.717, 1.165) is 28.4 Å². The molecule has 1 unspecified atom stereocenters. The number of rotatable bonds is 8. The van der Waals surface area contributed by atoms with Gasteiger partial charge < -0.3 is 11.1 Å². The average Bonchev–Trinajstić information content (AvgIpc) is 3.55. The zero-order valence-electron chi connectivity index (χ0n) is 19.2. The Morgan fingerprint density at radius 1 is 1.31 bits per heavy atom. The summed E-state index contributed by atoms with van der Waals surface area (Å²) in [6, 6.07) is 0.181. The molecule has 4 heterocycles. The maximum atomic E-state index is 13.7. The molecule has 0 aliphatic carbocycles. The van der Waals surface area contributed by atoms with Crippen LogP contribution < -0.4 is 11.1 Å². The first kappa shape index (κ1) is 24.8. The van der Waals surface area contributed by atoms with E-state index in [4.69, 9.17) is 5.73 Å². The van der Waals surface area contributed by atoms with Gasteiger partial charge >= 0.3 is 5.69 Å². The van der Waals surface area contributed by atoms with Gasteiger partial charge in [-0.15, -0.1) is 11.3 Å². The van der Waals surface area contributed by atoms with Crippen molar-refractivity contribution in [2.45, 2.75) is 39.8 Å². The second kappa shape index (κ2) is 9.41. The fourth-order valence-corrected chi connectivity index (χ4v) is 4.67. The normalized spacial score (nSPS) is 12.3. The molecule has 0 saturated heterocycles. The zero-order valence-corrected chi connectivity index (χ0v) is 20.0. The molecule has 15 heteroatoms. The highest BCUT2D eigenvalue weighted by molar-refractivity contribution is 7.21. The molecule has 0 saturated carbocycles. The van der Waals surface area contributed by atoms with Gasteiger partial charge in [-0.1, -0.05) is 0 Å². The van der Waals surface area contributed by atoms with E-state index in [-0.39, 0.29) is 26.5 Å². The van der Waals surface area contributed by atoms with E-state index in [0.29, 0.717) is 23.4 Å². The summed E-state index contributed by atoms with van der Waals surface area (Å²) >= 11 is 0.776. The molecule has 2 amide bonds. The molecule has 4 aromatic heterocycles. The number of nitrogens with zero attached hydrogens (tertiary/aromatic N) is 6. The van der Waals surface area contributed by atoms with E-state index in [1.807, 2.05) is 6.92 Å². The van der Waals surface area contributed by atoms with Crippen molar-refractivity contribution < 1.29 is 23.3 Å². The van der Waals surface area contributed by atoms with E-state index in [1.54, 1.807) is 17.8 Å². The Kier molecular flexibility index (Phi) is 6.49. The highest BCUT2D eigenvalue weighted by atomic mass is 32.1. The van der Waals surface area contributed by atoms with Gasteiger partial charge in [0, 0.05) is 23.7 Å². The summed E-state index contributed by atoms with van der Waals surface area (Å²) < 4.78 is 30.1. The average molecular weight is 519 g/mol. The Morgan fingerprint density at radius 2 is 2.03 bits per heavy atom. The second-order valence-electron chi connectivity index (χ2n) is 7.83. The smallest absolute Gasteiger partial charge is 0.307 e. The number of anilines is 1. The predicted molar refractivity (Wildman–Crippen MR) is 127 cm³/mol. The van der Waals surface area contributed by atoms with Crippen LogP contribution >= 0.6 is 11.3 Å². The number of hydrogen-bond acceptors (Lipinski definition) is 8. The number of primary amides is 1. The summed E-state index contributed by atoms with van der Waals surface area (Å²) in [6.07, 6.45) is 0.885. The van der Waals surface area contributed by atoms with Crippen LogP contribution in [0.4, 0.5) is 20.2 Å². The lowest BCUT2D eigenvalue weighted by atomic mass is 10.0. The minimum absolute atomic E-state index is 0.00738. The molecular formula is C21H20F2N8O4S. The van der Waals surface area contributed by atoms with Gasteiger partial charge in [0.25, 0.3) is 12.3 Å². The highest BCUT2D eigenvalue weighted by Crippen LogP contribution is 2.43. The highest BCUT2D eigenvalue weighted by Gasteiger charge is 2.28. The van der Waals surface area contributed by atoms with Crippen LogP contribution in [-0.2, 0) is 11.3 Å². The van der Waals surface area contributed by atoms with Crippen LogP contribution in [0.25, 0.3) is 21.3 Å². The van der Waals surface area contributed by atoms with Crippen molar-refractivity contribution in [3.8, 4) is 11.1 Å². The van der Waals surface area contributed by atoms with E-state index in [2.05, 4.69) is 20.5 Å². The number of aromatic nitrogens is 5. The van der Waals surface area contributed by atoms with Crippen LogP contribution in [0.2, 0.25) is 0 Å². The van der Waals surface area contributed by atoms with Gasteiger partial charge in [0.15, 0.2) is 0 Å². The second-order valence-corrected chi connectivity index (χ2v) is 8.83. The number of amides is 2. The molecule has 3 N–H and O–H groups in total. The maximum Gasteiger partial charge on any atom is 0.307 e. The van der Waals surface area contributed by atoms with Crippen LogP contribution in [0.15, 0.2) is 24.7 Å². The van der Waals surface area contributed by atoms with Crippen molar-refractivity contribution in [1.82, 2.24) is 24.5 Å². The van der Waals surface area contributed by atoms with Gasteiger partial charge in [-0.25, -0.2) is 13.8 Å². The summed E-state index contributed by atoms with van der Waals surface area (Å²) in [4.78, 5) is 39.7. The van der Waals surface area contributed by atoms with Crippen LogP contribution in [0.5, 0.6) is 0 Å². The lowest BCUT2D eigenvalue weighted by molar-refractivity contribution is -0.385. The monoisotopic (exact) mass is 518 g/mol. The molecule has 0 fully saturated rings. The summed E-state index contributed by atoms with van der Waals surface area (Å²) in [7, 11) is 0. The largest absolute Gasteiger partial charge is 0.365 e. The fourth-order valence-electron chi connectivity index (χ4n) is 3.66. The van der Waals surface area contributed by atoms with Crippen molar-refractivity contribution in [2.75, 3.05) is 5.32 Å². The third-order valence-corrected chi connectivity index (χ3v) is 6.61. The summed E-state index contributed by atoms with van der Waals surface area (Å²) in [5, 5.41) is 22.1. The van der Waals surface area contributed by atoms with Crippen LogP contribution in [-0.4, -0.2) is 41.3 Å². The molecule has 0 aromatic carbocycles. The number of carbonyl (C=O) groups is 2. The Balaban J connectivity index is 1.88. The molecule has 12 nitrogen and oxygen atoms in total. The van der Waals surface area contributed by atoms with Crippen molar-refractivity contribution in [1.29, 1.82) is 0 Å². The van der Waals surface area contributed by atoms with Gasteiger partial charge in [0.2, 0.25) is 5.91 Å². The van der Waals surface area contributed by atoms with E-state index in [9.17, 15) is 28.5 Å². The van der Waals surface area contributed by atoms with Gasteiger partial charge in [-0.2, -0.15) is 10.2 Å². The minimum atomic E-state index is -2.89. The molecule has 0 aliphatic heterocycles. The van der Waals surface area contributed by atoms with E-state index < -0.39 is 34.9 Å². The number of fused-ring (bicyclic) bond motifs is 1. The summed E-state index contributed by atoms with van der Waals surface area (Å²) in [5.41, 5.74) is 6.12. The number of aryl methyl sites for hydroxylation is 2. The number of thiophene rings is 1. The molecule has 0 bridgehead atoms. The van der Waals surface area contributed by atoms with Crippen molar-refractivity contribution >= 4 is 44.7 Å². The zero-order chi connectivity index (χ0) is 26.3. The Labute approximate surface area is 205 Å². The number of nitrogens with one attached hydrogen (secondary N) is 1. The van der Waals surface area contributed by atoms with Gasteiger partial charge in [-0.3, -0.25) is 29.1 Å². The summed E-state index contributed by atoms with van der Waals surface area (Å²) in [5.74, 6) is -1.55. The Morgan fingerprint density at radius 3 is 2.58 bits per heavy atom. The van der Waals surface area contributed by atoms with E-state index >= 15 is 0 Å². The first-order valence-corrected chi connectivity index (χ1v) is 11.4. The third-order valence-electron chi connectivity index (χ3n) is 5.51. The quantitative estimate of drug-likeness (QED) is 0.264. The van der Waals surface area contributed by atoms with Crippen LogP contribution in [0.1, 0.15) is 47.4 Å².